The fourth-order valence-electron chi connectivity index (χ4n) is 9.51. The van der Waals surface area contributed by atoms with E-state index in [4.69, 9.17) is 35.9 Å². The van der Waals surface area contributed by atoms with Crippen LogP contribution in [0.3, 0.4) is 0 Å². The normalized spacial score (nSPS) is 18.1. The Kier molecular flexibility index (Phi) is 26.2. The number of thiocarbonyl (C=S) groups is 1. The lowest BCUT2D eigenvalue weighted by molar-refractivity contribution is -0.146. The second kappa shape index (κ2) is 30.5. The van der Waals surface area contributed by atoms with Gasteiger partial charge in [0.1, 0.15) is 6.04 Å². The number of methoxy groups -OCH3 is 2. The smallest absolute Gasteiger partial charge is 0.253 e. The Labute approximate surface area is 416 Å². The molecule has 2 aliphatic rings. The van der Waals surface area contributed by atoms with Crippen LogP contribution in [-0.2, 0) is 58.9 Å². The maximum atomic E-state index is 14.4. The third-order valence-corrected chi connectivity index (χ3v) is 13.9. The molecule has 1 saturated heterocycles. The number of nitrogens with one attached hydrogen (secondary N) is 2. The summed E-state index contributed by atoms with van der Waals surface area (Å²) in [5.41, 5.74) is 1.22. The van der Waals surface area contributed by atoms with E-state index in [1.807, 2.05) is 69.7 Å². The fraction of sp³-hybridized carbons (Fsp3) is 0.706. The minimum atomic E-state index is -0.929. The average Bonchev–Trinajstić information content (AvgIpc) is 3.93. The van der Waals surface area contributed by atoms with Crippen molar-refractivity contribution in [3.8, 4) is 0 Å². The lowest BCUT2D eigenvalue weighted by Gasteiger charge is -2.43. The third kappa shape index (κ3) is 17.9. The second-order valence-corrected chi connectivity index (χ2v) is 19.3. The molecule has 6 amide bonds. The van der Waals surface area contributed by atoms with Gasteiger partial charge in [0.05, 0.1) is 88.3 Å². The van der Waals surface area contributed by atoms with Gasteiger partial charge in [0.2, 0.25) is 23.6 Å². The molecular weight excluding hydrogens is 905 g/mol. The summed E-state index contributed by atoms with van der Waals surface area (Å²) in [5.74, 6) is -2.84. The Morgan fingerprint density at radius 1 is 0.812 bits per heavy atom. The number of hydrogen-bond donors (Lipinski definition) is 2. The van der Waals surface area contributed by atoms with Crippen LogP contribution in [-0.4, -0.2) is 184 Å². The van der Waals surface area contributed by atoms with Crippen LogP contribution in [0, 0.1) is 23.7 Å². The van der Waals surface area contributed by atoms with E-state index in [1.54, 1.807) is 21.3 Å². The molecule has 2 heterocycles. The van der Waals surface area contributed by atoms with Gasteiger partial charge in [-0.05, 0) is 49.6 Å². The Morgan fingerprint density at radius 3 is 1.96 bits per heavy atom. The maximum absolute atomic E-state index is 14.4. The van der Waals surface area contributed by atoms with Crippen LogP contribution in [0.1, 0.15) is 86.1 Å². The van der Waals surface area contributed by atoms with E-state index in [1.165, 1.54) is 22.6 Å². The molecule has 0 aliphatic carbocycles. The van der Waals surface area contributed by atoms with Gasteiger partial charge in [-0.15, -0.1) is 0 Å². The Morgan fingerprint density at radius 2 is 1.39 bits per heavy atom. The van der Waals surface area contributed by atoms with E-state index in [9.17, 15) is 28.8 Å². The molecule has 1 fully saturated rings. The summed E-state index contributed by atoms with van der Waals surface area (Å²) in [6.07, 6.45) is 4.88. The van der Waals surface area contributed by atoms with Gasteiger partial charge in [0.25, 0.3) is 11.8 Å². The number of amides is 6. The van der Waals surface area contributed by atoms with Gasteiger partial charge in [0, 0.05) is 58.5 Å². The molecule has 1 aromatic carbocycles. The predicted molar refractivity (Wildman–Crippen MR) is 268 cm³/mol. The first-order chi connectivity index (χ1) is 32.9. The van der Waals surface area contributed by atoms with Gasteiger partial charge in [-0.2, -0.15) is 0 Å². The minimum Gasteiger partial charge on any atom is -0.379 e. The number of imide groups is 2. The summed E-state index contributed by atoms with van der Waals surface area (Å²) < 4.78 is 28.8. The van der Waals surface area contributed by atoms with Gasteiger partial charge in [-0.1, -0.05) is 97.4 Å². The molecule has 17 nitrogen and oxygen atoms in total. The van der Waals surface area contributed by atoms with E-state index in [2.05, 4.69) is 36.6 Å². The van der Waals surface area contributed by atoms with Gasteiger partial charge in [0.15, 0.2) is 0 Å². The van der Waals surface area contributed by atoms with Crippen molar-refractivity contribution in [2.75, 3.05) is 87.6 Å². The van der Waals surface area contributed by atoms with E-state index in [-0.39, 0.29) is 125 Å². The molecule has 0 spiro atoms. The largest absolute Gasteiger partial charge is 0.379 e. The highest BCUT2D eigenvalue weighted by Gasteiger charge is 2.43. The predicted octanol–water partition coefficient (Wildman–Crippen LogP) is 4.06. The quantitative estimate of drug-likeness (QED) is 0.0599. The monoisotopic (exact) mass is 987 g/mol. The highest BCUT2D eigenvalue weighted by Crippen LogP contribution is 2.31. The minimum absolute atomic E-state index is 0.00334. The molecule has 0 aromatic heterocycles. The van der Waals surface area contributed by atoms with Crippen LogP contribution in [0.2, 0.25) is 0 Å². The summed E-state index contributed by atoms with van der Waals surface area (Å²) in [4.78, 5) is 86.2. The summed E-state index contributed by atoms with van der Waals surface area (Å²) in [6.45, 7) is 16.5. The number of nitrogens with zero attached hydrogens (tertiary/aromatic N) is 4. The lowest BCUT2D eigenvalue weighted by Crippen LogP contribution is -2.60. The number of benzene rings is 1. The molecular formula is C51H82N6O11S. The zero-order valence-electron chi connectivity index (χ0n) is 43.1. The summed E-state index contributed by atoms with van der Waals surface area (Å²) in [7, 11) is 6.68. The Hall–Kier alpha value is -4.17. The van der Waals surface area contributed by atoms with Crippen LogP contribution in [0.5, 0.6) is 0 Å². The number of likely N-dealkylation sites (tertiary alicyclic amines) is 1. The van der Waals surface area contributed by atoms with Gasteiger partial charge < -0.3 is 38.8 Å². The number of likely N-dealkylation sites (N-methyl/N-ethyl adjacent to an activating group) is 2. The van der Waals surface area contributed by atoms with Crippen molar-refractivity contribution in [1.29, 1.82) is 0 Å². The van der Waals surface area contributed by atoms with Crippen LogP contribution in [0.25, 0.3) is 0 Å². The van der Waals surface area contributed by atoms with Crippen LogP contribution in [0.15, 0.2) is 42.5 Å². The zero-order valence-corrected chi connectivity index (χ0v) is 43.9. The van der Waals surface area contributed by atoms with E-state index >= 15 is 0 Å². The van der Waals surface area contributed by atoms with Crippen LogP contribution in [0.4, 0.5) is 0 Å². The van der Waals surface area contributed by atoms with Crippen molar-refractivity contribution < 1.29 is 52.5 Å². The molecule has 0 unspecified atom stereocenters. The molecule has 69 heavy (non-hydrogen) atoms. The molecule has 3 rings (SSSR count). The first-order valence-corrected chi connectivity index (χ1v) is 25.1. The van der Waals surface area contributed by atoms with Crippen molar-refractivity contribution in [2.45, 2.75) is 123 Å². The van der Waals surface area contributed by atoms with E-state index < -0.39 is 30.0 Å². The fourth-order valence-corrected chi connectivity index (χ4v) is 9.74. The first-order valence-electron chi connectivity index (χ1n) is 24.7. The van der Waals surface area contributed by atoms with Crippen molar-refractivity contribution in [2.24, 2.45) is 23.7 Å². The standard InChI is InChI=1S/C51H82N6O11S/c1-12-36(6)47(40(64-10)33-44(61)56-25-16-19-39(56)48(65-11)37(7)51(69)52-24-22-38-17-14-13-15-18-38)55(9)46(35(4)5)50(63)53-49(62)45(34(2)3)54(8)41(58)23-27-66-29-31-68-32-30-67-28-26-57-42(59)20-21-43(57)60/h13-15,17-18,20-21,34-37,39-40,45-48H,12,16,19,22-33H2,1-11H3,(H,52,69)(H,53,62,63)/t36-,37+,39-,40+,45-,46-,47-,48+/m0/s1. The molecule has 18 heteroatoms. The molecule has 2 aliphatic heterocycles. The third-order valence-electron chi connectivity index (χ3n) is 13.3. The van der Waals surface area contributed by atoms with Gasteiger partial charge in [-0.3, -0.25) is 43.9 Å². The summed E-state index contributed by atoms with van der Waals surface area (Å²) in [5, 5.41) is 6.07. The van der Waals surface area contributed by atoms with Crippen molar-refractivity contribution in [3.05, 3.63) is 48.0 Å². The number of hydrogen-bond acceptors (Lipinski definition) is 13. The Balaban J connectivity index is 1.56. The molecule has 0 bridgehead atoms. The topological polar surface area (TPSA) is 186 Å². The Bertz CT molecular complexity index is 1820. The van der Waals surface area contributed by atoms with E-state index in [0.29, 0.717) is 18.1 Å². The first kappa shape index (κ1) is 59.1. The molecule has 0 saturated carbocycles. The second-order valence-electron chi connectivity index (χ2n) is 18.8. The zero-order chi connectivity index (χ0) is 51.2. The molecule has 2 N–H and O–H groups in total. The van der Waals surface area contributed by atoms with E-state index in [0.717, 1.165) is 30.6 Å². The number of carbonyl (C=O) groups excluding carboxylic acids is 6. The summed E-state index contributed by atoms with van der Waals surface area (Å²) in [6, 6.07) is 7.99. The van der Waals surface area contributed by atoms with Crippen LogP contribution >= 0.6 is 12.2 Å². The number of ether oxygens (including phenoxy) is 5. The highest BCUT2D eigenvalue weighted by atomic mass is 32.1. The number of carbonyl (C=O) groups is 6. The maximum Gasteiger partial charge on any atom is 0.253 e. The van der Waals surface area contributed by atoms with Crippen molar-refractivity contribution in [1.82, 2.24) is 30.2 Å². The lowest BCUT2D eigenvalue weighted by atomic mass is 9.87. The molecule has 0 radical (unpaired) electrons. The molecule has 8 atom stereocenters. The molecule has 1 aromatic rings. The van der Waals surface area contributed by atoms with Crippen molar-refractivity contribution in [3.63, 3.8) is 0 Å². The van der Waals surface area contributed by atoms with Crippen LogP contribution < -0.4 is 10.6 Å². The molecule has 388 valence electrons. The number of rotatable bonds is 32. The summed E-state index contributed by atoms with van der Waals surface area (Å²) >= 11 is 5.85. The highest BCUT2D eigenvalue weighted by molar-refractivity contribution is 7.80. The van der Waals surface area contributed by atoms with Gasteiger partial charge in [-0.25, -0.2) is 0 Å². The average molecular weight is 987 g/mol. The SMILES string of the molecule is CC[C@H](C)[C@@H]([C@@H](CC(=O)N1CCC[C@H]1[C@H](OC)[C@@H](C)C(=S)NCCc1ccccc1)OC)N(C)[C@H](C(=O)NC(=O)[C@H](C(C)C)N(C)C(=O)CCOCCOCCOCCN1C(=O)C=CC1=O)C(C)C. The van der Waals surface area contributed by atoms with Crippen molar-refractivity contribution >= 4 is 52.6 Å². The van der Waals surface area contributed by atoms with Gasteiger partial charge >= 0.3 is 0 Å².